The van der Waals surface area contributed by atoms with Gasteiger partial charge in [-0.15, -0.1) is 0 Å². The molecule has 0 N–H and O–H groups in total. The number of hydrogen-bond acceptors (Lipinski definition) is 1. The van der Waals surface area contributed by atoms with Crippen LogP contribution in [0.15, 0.2) is 0 Å². The molecule has 0 aromatic rings. The van der Waals surface area contributed by atoms with Crippen molar-refractivity contribution in [1.82, 2.24) is 4.90 Å². The Bertz CT molecular complexity index is 214. The van der Waals surface area contributed by atoms with Crippen LogP contribution in [0.25, 0.3) is 0 Å². The highest BCUT2D eigenvalue weighted by atomic mass is 16.2. The monoisotopic (exact) mass is 197 g/mol. The van der Waals surface area contributed by atoms with E-state index in [0.29, 0.717) is 12.3 Å². The van der Waals surface area contributed by atoms with Crippen LogP contribution in [0.3, 0.4) is 0 Å². The summed E-state index contributed by atoms with van der Waals surface area (Å²) in [6, 6.07) is 0. The van der Waals surface area contributed by atoms with Crippen LogP contribution in [0.2, 0.25) is 0 Å². The zero-order valence-electron chi connectivity index (χ0n) is 10.2. The van der Waals surface area contributed by atoms with E-state index in [2.05, 4.69) is 32.6 Å². The molecular weight excluding hydrogens is 174 g/mol. The van der Waals surface area contributed by atoms with E-state index >= 15 is 0 Å². The number of likely N-dealkylation sites (tertiary alicyclic amines) is 1. The normalized spacial score (nSPS) is 24.8. The summed E-state index contributed by atoms with van der Waals surface area (Å²) in [6.45, 7) is 10.7. The Morgan fingerprint density at radius 2 is 1.57 bits per heavy atom. The Kier molecular flexibility index (Phi) is 2.93. The van der Waals surface area contributed by atoms with E-state index in [1.807, 2.05) is 6.92 Å². The number of carbonyl (C=O) groups excluding carboxylic acids is 1. The fraction of sp³-hybridized carbons (Fsp3) is 0.917. The van der Waals surface area contributed by atoms with Gasteiger partial charge in [0.1, 0.15) is 0 Å². The van der Waals surface area contributed by atoms with Crippen molar-refractivity contribution in [2.45, 2.75) is 71.4 Å². The molecule has 0 bridgehead atoms. The number of carbonyl (C=O) groups is 1. The van der Waals surface area contributed by atoms with Gasteiger partial charge in [-0.1, -0.05) is 6.92 Å². The van der Waals surface area contributed by atoms with Gasteiger partial charge in [-0.25, -0.2) is 0 Å². The number of piperidine rings is 1. The van der Waals surface area contributed by atoms with Crippen molar-refractivity contribution in [3.05, 3.63) is 0 Å². The molecule has 1 fully saturated rings. The molecule has 1 heterocycles. The smallest absolute Gasteiger partial charge is 0.223 e. The lowest BCUT2D eigenvalue weighted by Gasteiger charge is -2.53. The van der Waals surface area contributed by atoms with Crippen molar-refractivity contribution < 1.29 is 4.79 Å². The SMILES string of the molecule is CCC(=O)N1C(C)(C)CCCC1(C)C. The molecule has 0 aliphatic carbocycles. The van der Waals surface area contributed by atoms with Gasteiger partial charge in [-0.2, -0.15) is 0 Å². The summed E-state index contributed by atoms with van der Waals surface area (Å²) >= 11 is 0. The van der Waals surface area contributed by atoms with E-state index in [0.717, 1.165) is 12.8 Å². The minimum atomic E-state index is 0.0366. The second kappa shape index (κ2) is 3.56. The zero-order chi connectivity index (χ0) is 11.0. The molecule has 1 saturated heterocycles. The van der Waals surface area contributed by atoms with Crippen LogP contribution in [-0.2, 0) is 4.79 Å². The quantitative estimate of drug-likeness (QED) is 0.633. The van der Waals surface area contributed by atoms with Crippen molar-refractivity contribution in [3.63, 3.8) is 0 Å². The van der Waals surface area contributed by atoms with Gasteiger partial charge in [-0.3, -0.25) is 4.79 Å². The summed E-state index contributed by atoms with van der Waals surface area (Å²) in [5.74, 6) is 0.291. The van der Waals surface area contributed by atoms with Crippen molar-refractivity contribution in [1.29, 1.82) is 0 Å². The molecule has 82 valence electrons. The molecular formula is C12H23NO. The topological polar surface area (TPSA) is 20.3 Å². The second-order valence-electron chi connectivity index (χ2n) is 5.56. The highest BCUT2D eigenvalue weighted by molar-refractivity contribution is 5.77. The van der Waals surface area contributed by atoms with Gasteiger partial charge < -0.3 is 4.90 Å². The molecule has 0 spiro atoms. The third-order valence-electron chi connectivity index (χ3n) is 3.34. The molecule has 0 saturated carbocycles. The lowest BCUT2D eigenvalue weighted by atomic mass is 9.79. The minimum Gasteiger partial charge on any atom is -0.332 e. The van der Waals surface area contributed by atoms with Gasteiger partial charge in [0.2, 0.25) is 5.91 Å². The first kappa shape index (κ1) is 11.5. The summed E-state index contributed by atoms with van der Waals surface area (Å²) in [5, 5.41) is 0. The number of amides is 1. The largest absolute Gasteiger partial charge is 0.332 e. The molecule has 1 amide bonds. The molecule has 1 aliphatic rings. The van der Waals surface area contributed by atoms with Crippen LogP contribution in [-0.4, -0.2) is 21.9 Å². The van der Waals surface area contributed by atoms with E-state index in [1.54, 1.807) is 0 Å². The summed E-state index contributed by atoms with van der Waals surface area (Å²) in [6.07, 6.45) is 4.10. The predicted octanol–water partition coefficient (Wildman–Crippen LogP) is 2.97. The number of nitrogens with zero attached hydrogens (tertiary/aromatic N) is 1. The fourth-order valence-corrected chi connectivity index (χ4v) is 2.83. The van der Waals surface area contributed by atoms with Crippen molar-refractivity contribution in [3.8, 4) is 0 Å². The first-order valence-corrected chi connectivity index (χ1v) is 5.64. The van der Waals surface area contributed by atoms with E-state index in [9.17, 15) is 4.79 Å². The average Bonchev–Trinajstić information content (AvgIpc) is 2.00. The molecule has 0 radical (unpaired) electrons. The lowest BCUT2D eigenvalue weighted by molar-refractivity contribution is -0.148. The number of hydrogen-bond donors (Lipinski definition) is 0. The second-order valence-corrected chi connectivity index (χ2v) is 5.56. The first-order valence-electron chi connectivity index (χ1n) is 5.64. The first-order chi connectivity index (χ1) is 6.31. The van der Waals surface area contributed by atoms with Gasteiger partial charge in [-0.05, 0) is 47.0 Å². The van der Waals surface area contributed by atoms with E-state index < -0.39 is 0 Å². The molecule has 2 heteroatoms. The Balaban J connectivity index is 2.97. The highest BCUT2D eigenvalue weighted by Crippen LogP contribution is 2.38. The predicted molar refractivity (Wildman–Crippen MR) is 59.1 cm³/mol. The van der Waals surface area contributed by atoms with Crippen molar-refractivity contribution in [2.75, 3.05) is 0 Å². The Hall–Kier alpha value is -0.530. The maximum Gasteiger partial charge on any atom is 0.223 e. The summed E-state index contributed by atoms with van der Waals surface area (Å²) < 4.78 is 0. The third kappa shape index (κ3) is 1.94. The molecule has 2 nitrogen and oxygen atoms in total. The van der Waals surface area contributed by atoms with Crippen molar-refractivity contribution in [2.24, 2.45) is 0 Å². The maximum absolute atomic E-state index is 11.9. The standard InChI is InChI=1S/C12H23NO/c1-6-10(14)13-11(2,3)8-7-9-12(13,4)5/h6-9H2,1-5H3. The van der Waals surface area contributed by atoms with Crippen LogP contribution < -0.4 is 0 Å². The highest BCUT2D eigenvalue weighted by Gasteiger charge is 2.43. The van der Waals surface area contributed by atoms with Gasteiger partial charge in [0, 0.05) is 17.5 Å². The van der Waals surface area contributed by atoms with Crippen LogP contribution in [0.4, 0.5) is 0 Å². The molecule has 0 aromatic carbocycles. The third-order valence-corrected chi connectivity index (χ3v) is 3.34. The van der Waals surface area contributed by atoms with Gasteiger partial charge in [0.15, 0.2) is 0 Å². The Morgan fingerprint density at radius 1 is 1.14 bits per heavy atom. The van der Waals surface area contributed by atoms with Crippen molar-refractivity contribution >= 4 is 5.91 Å². The summed E-state index contributed by atoms with van der Waals surface area (Å²) in [7, 11) is 0. The summed E-state index contributed by atoms with van der Waals surface area (Å²) in [4.78, 5) is 14.0. The van der Waals surface area contributed by atoms with E-state index in [-0.39, 0.29) is 11.1 Å². The minimum absolute atomic E-state index is 0.0366. The van der Waals surface area contributed by atoms with E-state index in [1.165, 1.54) is 6.42 Å². The molecule has 0 unspecified atom stereocenters. The van der Waals surface area contributed by atoms with Gasteiger partial charge >= 0.3 is 0 Å². The van der Waals surface area contributed by atoms with Gasteiger partial charge in [0.05, 0.1) is 0 Å². The Morgan fingerprint density at radius 3 is 1.93 bits per heavy atom. The Labute approximate surface area is 87.7 Å². The average molecular weight is 197 g/mol. The van der Waals surface area contributed by atoms with E-state index in [4.69, 9.17) is 0 Å². The molecule has 14 heavy (non-hydrogen) atoms. The lowest BCUT2D eigenvalue weighted by Crippen LogP contribution is -2.60. The van der Waals surface area contributed by atoms with Gasteiger partial charge in [0.25, 0.3) is 0 Å². The molecule has 1 rings (SSSR count). The van der Waals surface area contributed by atoms with Crippen LogP contribution in [0.1, 0.15) is 60.3 Å². The molecule has 1 aliphatic heterocycles. The van der Waals surface area contributed by atoms with Crippen LogP contribution >= 0.6 is 0 Å². The molecule has 0 atom stereocenters. The summed E-state index contributed by atoms with van der Waals surface area (Å²) in [5.41, 5.74) is 0.0731. The molecule has 0 aromatic heterocycles. The maximum atomic E-state index is 11.9. The fourth-order valence-electron chi connectivity index (χ4n) is 2.83. The van der Waals surface area contributed by atoms with Crippen LogP contribution in [0.5, 0.6) is 0 Å². The van der Waals surface area contributed by atoms with Crippen LogP contribution in [0, 0.1) is 0 Å². The number of rotatable bonds is 1. The zero-order valence-corrected chi connectivity index (χ0v) is 10.2.